The van der Waals surface area contributed by atoms with Crippen molar-refractivity contribution in [3.8, 4) is 0 Å². The zero-order valence-electron chi connectivity index (χ0n) is 16.5. The van der Waals surface area contributed by atoms with E-state index in [2.05, 4.69) is 12.2 Å². The van der Waals surface area contributed by atoms with Gasteiger partial charge in [-0.1, -0.05) is 65.2 Å². The summed E-state index contributed by atoms with van der Waals surface area (Å²) in [7, 11) is 5.29. The van der Waals surface area contributed by atoms with Gasteiger partial charge in [0.25, 0.3) is 0 Å². The molecule has 0 aromatic carbocycles. The second-order valence-corrected chi connectivity index (χ2v) is 7.64. The number of rotatable bonds is 14. The molecule has 0 spiro atoms. The predicted octanol–water partition coefficient (Wildman–Crippen LogP) is 2.59. The van der Waals surface area contributed by atoms with Crippen molar-refractivity contribution in [2.75, 3.05) is 21.1 Å². The Balaban J connectivity index is 4.09. The first kappa shape index (κ1) is 22.9. The van der Waals surface area contributed by atoms with Gasteiger partial charge in [0.05, 0.1) is 21.1 Å². The van der Waals surface area contributed by atoms with Crippen molar-refractivity contribution in [1.82, 2.24) is 5.32 Å². The quantitative estimate of drug-likeness (QED) is 0.300. The molecule has 5 nitrogen and oxygen atoms in total. The number of nitrogens with zero attached hydrogens (tertiary/aromatic N) is 1. The van der Waals surface area contributed by atoms with E-state index in [0.717, 1.165) is 19.3 Å². The second kappa shape index (κ2) is 11.5. The molecular weight excluding hydrogens is 304 g/mol. The average molecular weight is 343 g/mol. The van der Waals surface area contributed by atoms with Gasteiger partial charge in [0.2, 0.25) is 11.6 Å². The summed E-state index contributed by atoms with van der Waals surface area (Å²) in [5, 5.41) is 14.3. The lowest BCUT2D eigenvalue weighted by molar-refractivity contribution is -0.919. The van der Waals surface area contributed by atoms with Gasteiger partial charge >= 0.3 is 0 Å². The molecule has 1 atom stereocenters. The minimum atomic E-state index is -1.36. The smallest absolute Gasteiger partial charge is 0.224 e. The van der Waals surface area contributed by atoms with E-state index in [1.807, 2.05) is 0 Å². The third-order valence-electron chi connectivity index (χ3n) is 4.85. The minimum absolute atomic E-state index is 0.106. The summed E-state index contributed by atoms with van der Waals surface area (Å²) in [5.41, 5.74) is -1.36. The van der Waals surface area contributed by atoms with Crippen LogP contribution in [0.5, 0.6) is 0 Å². The van der Waals surface area contributed by atoms with E-state index in [-0.39, 0.29) is 10.4 Å². The van der Waals surface area contributed by atoms with E-state index >= 15 is 0 Å². The van der Waals surface area contributed by atoms with Crippen molar-refractivity contribution < 1.29 is 19.2 Å². The molecule has 0 bridgehead atoms. The summed E-state index contributed by atoms with van der Waals surface area (Å²) in [6, 6.07) is 0. The van der Waals surface area contributed by atoms with Crippen molar-refractivity contribution in [2.45, 2.75) is 90.1 Å². The summed E-state index contributed by atoms with van der Waals surface area (Å²) in [5.74, 6) is -1.42. The normalized spacial score (nSPS) is 14.2. The first-order chi connectivity index (χ1) is 11.2. The number of hydrogen-bond acceptors (Lipinski definition) is 3. The molecule has 5 heteroatoms. The Bertz CT molecular complexity index is 377. The van der Waals surface area contributed by atoms with Crippen molar-refractivity contribution in [3.63, 3.8) is 0 Å². The molecule has 0 fully saturated rings. The molecular formula is C19H38N2O3. The largest absolute Gasteiger partial charge is 0.542 e. The molecule has 0 heterocycles. The van der Waals surface area contributed by atoms with Crippen molar-refractivity contribution in [1.29, 1.82) is 0 Å². The molecule has 0 aromatic heterocycles. The van der Waals surface area contributed by atoms with Gasteiger partial charge < -0.3 is 14.4 Å². The Kier molecular flexibility index (Phi) is 10.9. The fourth-order valence-corrected chi connectivity index (χ4v) is 3.09. The molecule has 0 aromatic rings. The van der Waals surface area contributed by atoms with Gasteiger partial charge in [0.1, 0.15) is 5.97 Å². The molecule has 0 rings (SSSR count). The summed E-state index contributed by atoms with van der Waals surface area (Å²) in [4.78, 5) is 23.8. The Morgan fingerprint density at radius 3 is 1.71 bits per heavy atom. The maximum absolute atomic E-state index is 12.2. The standard InChI is InChI=1S/C19H38N2O3/c1-6-8-9-10-11-12-13-14-15-16-17(22)20-19(7-2,18(23)24)21(3,4)5/h6-16H2,1-5H3,(H-,20,22,23,24). The number of hydrogen-bond donors (Lipinski definition) is 1. The number of amides is 1. The van der Waals surface area contributed by atoms with E-state index in [4.69, 9.17) is 0 Å². The van der Waals surface area contributed by atoms with E-state index in [0.29, 0.717) is 12.8 Å². The van der Waals surface area contributed by atoms with Gasteiger partial charge in [-0.25, -0.2) is 0 Å². The van der Waals surface area contributed by atoms with Crippen molar-refractivity contribution >= 4 is 11.9 Å². The van der Waals surface area contributed by atoms with Crippen LogP contribution < -0.4 is 10.4 Å². The summed E-state index contributed by atoms with van der Waals surface area (Å²) in [6.45, 7) is 3.98. The lowest BCUT2D eigenvalue weighted by atomic mass is 10.0. The maximum Gasteiger partial charge on any atom is 0.224 e. The van der Waals surface area contributed by atoms with Crippen LogP contribution >= 0.6 is 0 Å². The summed E-state index contributed by atoms with van der Waals surface area (Å²) < 4.78 is 0.106. The number of carbonyl (C=O) groups is 2. The van der Waals surface area contributed by atoms with Gasteiger partial charge in [0, 0.05) is 12.8 Å². The highest BCUT2D eigenvalue weighted by molar-refractivity contribution is 5.84. The van der Waals surface area contributed by atoms with Crippen LogP contribution in [0, 0.1) is 0 Å². The fourth-order valence-electron chi connectivity index (χ4n) is 3.09. The predicted molar refractivity (Wildman–Crippen MR) is 96.0 cm³/mol. The van der Waals surface area contributed by atoms with Gasteiger partial charge in [-0.2, -0.15) is 0 Å². The Morgan fingerprint density at radius 1 is 0.875 bits per heavy atom. The lowest BCUT2D eigenvalue weighted by Gasteiger charge is -2.46. The third kappa shape index (κ3) is 7.65. The zero-order valence-corrected chi connectivity index (χ0v) is 16.5. The summed E-state index contributed by atoms with van der Waals surface area (Å²) >= 11 is 0. The number of likely N-dealkylation sites (N-methyl/N-ethyl adjacent to an activating group) is 1. The molecule has 0 saturated carbocycles. The van der Waals surface area contributed by atoms with Crippen LogP contribution in [0.4, 0.5) is 0 Å². The van der Waals surface area contributed by atoms with Crippen LogP contribution in [0.25, 0.3) is 0 Å². The van der Waals surface area contributed by atoms with Crippen LogP contribution in [-0.2, 0) is 9.59 Å². The molecule has 24 heavy (non-hydrogen) atoms. The molecule has 0 radical (unpaired) electrons. The monoisotopic (exact) mass is 342 g/mol. The average Bonchev–Trinajstić information content (AvgIpc) is 2.49. The van der Waals surface area contributed by atoms with Crippen LogP contribution in [0.1, 0.15) is 84.5 Å². The summed E-state index contributed by atoms with van der Waals surface area (Å²) in [6.07, 6.45) is 11.4. The first-order valence-electron chi connectivity index (χ1n) is 9.55. The molecule has 0 aliphatic heterocycles. The number of unbranched alkanes of at least 4 members (excludes halogenated alkanes) is 8. The number of carboxylic acids is 1. The molecule has 0 aliphatic rings. The number of carbonyl (C=O) groups excluding carboxylic acids is 2. The topological polar surface area (TPSA) is 69.2 Å². The SMILES string of the molecule is CCCCCCCCCCCC(=O)NC(CC)(C(=O)[O-])[N+](C)(C)C. The number of aliphatic carboxylic acids is 1. The van der Waals surface area contributed by atoms with E-state index in [1.165, 1.54) is 38.5 Å². The van der Waals surface area contributed by atoms with Crippen molar-refractivity contribution in [3.05, 3.63) is 0 Å². The fraction of sp³-hybridized carbons (Fsp3) is 0.895. The minimum Gasteiger partial charge on any atom is -0.542 e. The van der Waals surface area contributed by atoms with Gasteiger partial charge in [-0.05, 0) is 6.42 Å². The van der Waals surface area contributed by atoms with Gasteiger partial charge in [0.15, 0.2) is 0 Å². The number of nitrogens with one attached hydrogen (secondary N) is 1. The Morgan fingerprint density at radius 2 is 1.33 bits per heavy atom. The van der Waals surface area contributed by atoms with Crippen LogP contribution in [0.3, 0.4) is 0 Å². The molecule has 1 unspecified atom stereocenters. The molecule has 0 aliphatic carbocycles. The number of quaternary nitrogens is 1. The Labute approximate surface area is 148 Å². The highest BCUT2D eigenvalue weighted by Gasteiger charge is 2.44. The van der Waals surface area contributed by atoms with Gasteiger partial charge in [-0.3, -0.25) is 10.1 Å². The van der Waals surface area contributed by atoms with Crippen LogP contribution in [0.15, 0.2) is 0 Å². The second-order valence-electron chi connectivity index (χ2n) is 7.64. The lowest BCUT2D eigenvalue weighted by Crippen LogP contribution is -2.74. The number of carboxylic acid groups (broad SMARTS) is 1. The highest BCUT2D eigenvalue weighted by atomic mass is 16.4. The van der Waals surface area contributed by atoms with Crippen LogP contribution in [0.2, 0.25) is 0 Å². The van der Waals surface area contributed by atoms with Crippen LogP contribution in [-0.4, -0.2) is 43.2 Å². The van der Waals surface area contributed by atoms with Crippen molar-refractivity contribution in [2.24, 2.45) is 0 Å². The Hall–Kier alpha value is -1.10. The zero-order chi connectivity index (χ0) is 18.6. The van der Waals surface area contributed by atoms with Gasteiger partial charge in [-0.15, -0.1) is 0 Å². The molecule has 1 N–H and O–H groups in total. The maximum atomic E-state index is 12.2. The molecule has 1 amide bonds. The van der Waals surface area contributed by atoms with E-state index in [1.54, 1.807) is 28.1 Å². The van der Waals surface area contributed by atoms with E-state index in [9.17, 15) is 14.7 Å². The molecule has 142 valence electrons. The first-order valence-corrected chi connectivity index (χ1v) is 9.55. The third-order valence-corrected chi connectivity index (χ3v) is 4.85. The highest BCUT2D eigenvalue weighted by Crippen LogP contribution is 2.20. The molecule has 0 saturated heterocycles. The van der Waals surface area contributed by atoms with E-state index < -0.39 is 11.6 Å².